The number of ether oxygens (including phenoxy) is 1. The van der Waals surface area contributed by atoms with Gasteiger partial charge in [0.15, 0.2) is 17.3 Å². The molecule has 0 unspecified atom stereocenters. The number of rotatable bonds is 6. The van der Waals surface area contributed by atoms with Crippen molar-refractivity contribution in [3.05, 3.63) is 81.4 Å². The fourth-order valence-corrected chi connectivity index (χ4v) is 4.22. The first-order chi connectivity index (χ1) is 16.8. The van der Waals surface area contributed by atoms with Crippen LogP contribution in [0.15, 0.2) is 57.7 Å². The van der Waals surface area contributed by atoms with Gasteiger partial charge in [-0.25, -0.2) is 0 Å². The summed E-state index contributed by atoms with van der Waals surface area (Å²) in [6.07, 6.45) is 0.785. The average Bonchev–Trinajstić information content (AvgIpc) is 2.99. The maximum Gasteiger partial charge on any atom is 0.246 e. The third-order valence-corrected chi connectivity index (χ3v) is 6.01. The molecule has 0 fully saturated rings. The quantitative estimate of drug-likeness (QED) is 0.427. The van der Waals surface area contributed by atoms with E-state index in [-0.39, 0.29) is 35.3 Å². The topological polar surface area (TPSA) is 138 Å². The maximum atomic E-state index is 13.1. The summed E-state index contributed by atoms with van der Waals surface area (Å²) in [4.78, 5) is 38.1. The molecule has 3 aromatic rings. The van der Waals surface area contributed by atoms with Crippen LogP contribution < -0.4 is 20.8 Å². The zero-order valence-electron chi connectivity index (χ0n) is 19.3. The number of anilines is 1. The predicted molar refractivity (Wildman–Crippen MR) is 128 cm³/mol. The van der Waals surface area contributed by atoms with E-state index in [1.807, 2.05) is 24.3 Å². The van der Waals surface area contributed by atoms with Gasteiger partial charge in [0.25, 0.3) is 0 Å². The number of phenolic OH excluding ortho intramolecular Hbond substituents is 1. The van der Waals surface area contributed by atoms with E-state index in [0.29, 0.717) is 18.4 Å². The van der Waals surface area contributed by atoms with Gasteiger partial charge in [-0.2, -0.15) is 0 Å². The number of fused-ring (bicyclic) bond motifs is 1. The summed E-state index contributed by atoms with van der Waals surface area (Å²) in [7, 11) is 1.38. The van der Waals surface area contributed by atoms with Crippen LogP contribution in [0.25, 0.3) is 0 Å². The number of amides is 2. The van der Waals surface area contributed by atoms with Crippen LogP contribution in [-0.4, -0.2) is 35.2 Å². The van der Waals surface area contributed by atoms with Crippen LogP contribution in [0, 0.1) is 6.92 Å². The summed E-state index contributed by atoms with van der Waals surface area (Å²) in [5, 5.41) is 26.1. The summed E-state index contributed by atoms with van der Waals surface area (Å²) in [5.41, 5.74) is 1.53. The normalized spacial score (nSPS) is 15.9. The lowest BCUT2D eigenvalue weighted by Crippen LogP contribution is -2.43. The molecular weight excluding hydrogens is 452 g/mol. The molecule has 4 rings (SSSR count). The summed E-state index contributed by atoms with van der Waals surface area (Å²) in [6.45, 7) is 1.56. The van der Waals surface area contributed by atoms with Crippen molar-refractivity contribution in [2.75, 3.05) is 12.4 Å². The Balaban J connectivity index is 1.62. The van der Waals surface area contributed by atoms with Gasteiger partial charge in [0, 0.05) is 18.2 Å². The Morgan fingerprint density at radius 3 is 2.74 bits per heavy atom. The van der Waals surface area contributed by atoms with Crippen LogP contribution in [0.2, 0.25) is 0 Å². The van der Waals surface area contributed by atoms with E-state index in [1.165, 1.54) is 19.2 Å². The molecule has 0 saturated carbocycles. The van der Waals surface area contributed by atoms with Crippen LogP contribution in [-0.2, 0) is 16.0 Å². The number of aryl methyl sites for hydroxylation is 2. The van der Waals surface area contributed by atoms with Crippen LogP contribution in [0.5, 0.6) is 17.2 Å². The van der Waals surface area contributed by atoms with E-state index in [0.717, 1.165) is 17.3 Å². The van der Waals surface area contributed by atoms with E-state index < -0.39 is 29.0 Å². The molecule has 2 atom stereocenters. The highest BCUT2D eigenvalue weighted by molar-refractivity contribution is 5.98. The van der Waals surface area contributed by atoms with Crippen LogP contribution >= 0.6 is 0 Å². The maximum absolute atomic E-state index is 13.1. The second kappa shape index (κ2) is 9.92. The number of hydrogen-bond donors (Lipinski definition) is 4. The molecule has 2 heterocycles. The molecular formula is C26H26N2O7. The Kier molecular flexibility index (Phi) is 6.77. The highest BCUT2D eigenvalue weighted by atomic mass is 16.5. The molecule has 0 saturated heterocycles. The Bertz CT molecular complexity index is 1330. The van der Waals surface area contributed by atoms with Crippen LogP contribution in [0.4, 0.5) is 5.69 Å². The SMILES string of the molecule is COc1cc([C@H](CC(=O)N[C@H]2CCc3ccccc3NC2=O)c2oc(C)cc(=O)c2O)ccc1O. The summed E-state index contributed by atoms with van der Waals surface area (Å²) in [6, 6.07) is 12.3. The highest BCUT2D eigenvalue weighted by Crippen LogP contribution is 2.37. The van der Waals surface area contributed by atoms with E-state index in [9.17, 15) is 24.6 Å². The summed E-state index contributed by atoms with van der Waals surface area (Å²) in [5.74, 6) is -2.07. The van der Waals surface area contributed by atoms with Crippen molar-refractivity contribution in [1.82, 2.24) is 5.32 Å². The van der Waals surface area contributed by atoms with E-state index >= 15 is 0 Å². The third kappa shape index (κ3) is 5.13. The molecule has 1 aliphatic rings. The van der Waals surface area contributed by atoms with Crippen molar-refractivity contribution in [3.63, 3.8) is 0 Å². The standard InChI is InChI=1S/C26H26N2O7/c1-14-11-21(30)24(32)25(35-14)17(16-8-10-20(29)22(12-16)34-2)13-23(31)27-19-9-7-15-5-3-4-6-18(15)28-26(19)33/h3-6,8,10-12,17,19,29,32H,7,9,13H2,1-2H3,(H,27,31)(H,28,33)/t17-,19-/m0/s1. The molecule has 0 bridgehead atoms. The van der Waals surface area contributed by atoms with E-state index in [2.05, 4.69) is 10.6 Å². The molecule has 0 aliphatic carbocycles. The largest absolute Gasteiger partial charge is 0.504 e. The van der Waals surface area contributed by atoms with Gasteiger partial charge in [0.05, 0.1) is 13.0 Å². The minimum Gasteiger partial charge on any atom is -0.504 e. The molecule has 182 valence electrons. The molecule has 2 amide bonds. The Labute approximate surface area is 201 Å². The van der Waals surface area contributed by atoms with Gasteiger partial charge < -0.3 is 30.0 Å². The molecule has 2 aromatic carbocycles. The Morgan fingerprint density at radius 2 is 1.97 bits per heavy atom. The fraction of sp³-hybridized carbons (Fsp3) is 0.269. The lowest BCUT2D eigenvalue weighted by atomic mass is 9.91. The van der Waals surface area contributed by atoms with Crippen molar-refractivity contribution in [2.24, 2.45) is 0 Å². The third-order valence-electron chi connectivity index (χ3n) is 6.01. The second-order valence-electron chi connectivity index (χ2n) is 8.43. The van der Waals surface area contributed by atoms with Crippen molar-refractivity contribution >= 4 is 17.5 Å². The van der Waals surface area contributed by atoms with Gasteiger partial charge >= 0.3 is 0 Å². The van der Waals surface area contributed by atoms with Gasteiger partial charge in [0.1, 0.15) is 11.8 Å². The minimum atomic E-state index is -0.886. The van der Waals surface area contributed by atoms with Gasteiger partial charge in [-0.3, -0.25) is 14.4 Å². The number of para-hydroxylation sites is 1. The number of aromatic hydroxyl groups is 2. The van der Waals surface area contributed by atoms with E-state index in [1.54, 1.807) is 13.0 Å². The fourth-order valence-electron chi connectivity index (χ4n) is 4.22. The molecule has 9 heteroatoms. The molecule has 1 aromatic heterocycles. The van der Waals surface area contributed by atoms with E-state index in [4.69, 9.17) is 9.15 Å². The monoisotopic (exact) mass is 478 g/mol. The molecule has 0 radical (unpaired) electrons. The number of carbonyl (C=O) groups is 2. The van der Waals surface area contributed by atoms with Crippen molar-refractivity contribution in [1.29, 1.82) is 0 Å². The first-order valence-electron chi connectivity index (χ1n) is 11.2. The predicted octanol–water partition coefficient (Wildman–Crippen LogP) is 2.96. The lowest BCUT2D eigenvalue weighted by Gasteiger charge is -2.21. The Hall–Kier alpha value is -4.27. The molecule has 35 heavy (non-hydrogen) atoms. The minimum absolute atomic E-state index is 0.0874. The molecule has 9 nitrogen and oxygen atoms in total. The number of hydrogen-bond acceptors (Lipinski definition) is 7. The lowest BCUT2D eigenvalue weighted by molar-refractivity contribution is -0.126. The molecule has 0 spiro atoms. The number of carbonyl (C=O) groups excluding carboxylic acids is 2. The van der Waals surface area contributed by atoms with Crippen molar-refractivity contribution < 1.29 is 29.0 Å². The zero-order valence-corrected chi connectivity index (χ0v) is 19.3. The molecule has 4 N–H and O–H groups in total. The van der Waals surface area contributed by atoms with Gasteiger partial charge in [-0.1, -0.05) is 24.3 Å². The first-order valence-corrected chi connectivity index (χ1v) is 11.2. The van der Waals surface area contributed by atoms with Crippen molar-refractivity contribution in [3.8, 4) is 17.2 Å². The Morgan fingerprint density at radius 1 is 1.20 bits per heavy atom. The number of nitrogens with one attached hydrogen (secondary N) is 2. The number of methoxy groups -OCH3 is 1. The molecule has 1 aliphatic heterocycles. The van der Waals surface area contributed by atoms with Gasteiger partial charge in [0.2, 0.25) is 23.0 Å². The second-order valence-corrected chi connectivity index (χ2v) is 8.43. The van der Waals surface area contributed by atoms with Crippen molar-refractivity contribution in [2.45, 2.75) is 38.1 Å². The highest BCUT2D eigenvalue weighted by Gasteiger charge is 2.30. The smallest absolute Gasteiger partial charge is 0.246 e. The van der Waals surface area contributed by atoms with Gasteiger partial charge in [-0.15, -0.1) is 0 Å². The summed E-state index contributed by atoms with van der Waals surface area (Å²) >= 11 is 0. The zero-order chi connectivity index (χ0) is 25.1. The van der Waals surface area contributed by atoms with Crippen LogP contribution in [0.3, 0.4) is 0 Å². The number of benzene rings is 2. The first kappa shape index (κ1) is 23.9. The van der Waals surface area contributed by atoms with Gasteiger partial charge in [-0.05, 0) is 49.1 Å². The number of phenols is 1. The van der Waals surface area contributed by atoms with Crippen LogP contribution in [0.1, 0.15) is 41.4 Å². The summed E-state index contributed by atoms with van der Waals surface area (Å²) < 4.78 is 10.8. The average molecular weight is 479 g/mol.